The predicted molar refractivity (Wildman–Crippen MR) is 69.0 cm³/mol. The Labute approximate surface area is 105 Å². The Morgan fingerprint density at radius 2 is 2.00 bits per heavy atom. The summed E-state index contributed by atoms with van der Waals surface area (Å²) in [6.07, 6.45) is 1.68. The van der Waals surface area contributed by atoms with Gasteiger partial charge in [0.05, 0.1) is 0 Å². The van der Waals surface area contributed by atoms with Crippen LogP contribution in [0.25, 0.3) is 0 Å². The highest BCUT2D eigenvalue weighted by molar-refractivity contribution is 5.68. The van der Waals surface area contributed by atoms with Crippen molar-refractivity contribution in [3.8, 4) is 0 Å². The minimum absolute atomic E-state index is 0.152. The minimum atomic E-state index is -0.441. The molecule has 0 saturated carbocycles. The molecular formula is C13H27NO3. The van der Waals surface area contributed by atoms with Crippen LogP contribution in [0.3, 0.4) is 0 Å². The molecule has 0 aromatic heterocycles. The summed E-state index contributed by atoms with van der Waals surface area (Å²) < 4.78 is 5.28. The Bertz CT molecular complexity index is 223. The fourth-order valence-electron chi connectivity index (χ4n) is 1.71. The Hall–Kier alpha value is -0.770. The fourth-order valence-corrected chi connectivity index (χ4v) is 1.71. The molecule has 4 nitrogen and oxygen atoms in total. The van der Waals surface area contributed by atoms with Crippen LogP contribution in [0.2, 0.25) is 0 Å². The standard InChI is InChI=1S/C11H21NO3.C2H6/c1-11(2,3)15-10(14)12-6-4-5-9(7-12)8-13;1-2/h9,13H,4-8H2,1-3H3;1-2H3. The van der Waals surface area contributed by atoms with E-state index in [0.29, 0.717) is 6.54 Å². The number of rotatable bonds is 1. The van der Waals surface area contributed by atoms with Gasteiger partial charge >= 0.3 is 6.09 Å². The van der Waals surface area contributed by atoms with Crippen LogP contribution in [-0.4, -0.2) is 41.4 Å². The van der Waals surface area contributed by atoms with Crippen molar-refractivity contribution in [3.05, 3.63) is 0 Å². The van der Waals surface area contributed by atoms with Gasteiger partial charge in [0.2, 0.25) is 0 Å². The molecule has 1 fully saturated rings. The minimum Gasteiger partial charge on any atom is -0.444 e. The molecule has 1 amide bonds. The van der Waals surface area contributed by atoms with Crippen molar-refractivity contribution in [3.63, 3.8) is 0 Å². The predicted octanol–water partition coefficient (Wildman–Crippen LogP) is 2.65. The van der Waals surface area contributed by atoms with Gasteiger partial charge in [-0.25, -0.2) is 4.79 Å². The molecule has 1 atom stereocenters. The summed E-state index contributed by atoms with van der Waals surface area (Å²) in [7, 11) is 0. The summed E-state index contributed by atoms with van der Waals surface area (Å²) in [6, 6.07) is 0. The number of carbonyl (C=O) groups excluding carboxylic acids is 1. The van der Waals surface area contributed by atoms with Gasteiger partial charge in [0, 0.05) is 19.7 Å². The van der Waals surface area contributed by atoms with E-state index in [0.717, 1.165) is 19.4 Å². The van der Waals surface area contributed by atoms with Crippen LogP contribution < -0.4 is 0 Å². The third-order valence-corrected chi connectivity index (χ3v) is 2.43. The highest BCUT2D eigenvalue weighted by atomic mass is 16.6. The van der Waals surface area contributed by atoms with Crippen molar-refractivity contribution in [2.45, 2.75) is 53.1 Å². The molecule has 1 saturated heterocycles. The van der Waals surface area contributed by atoms with Gasteiger partial charge in [0.25, 0.3) is 0 Å². The monoisotopic (exact) mass is 245 g/mol. The smallest absolute Gasteiger partial charge is 0.410 e. The molecule has 4 heteroatoms. The van der Waals surface area contributed by atoms with Gasteiger partial charge in [-0.2, -0.15) is 0 Å². The van der Waals surface area contributed by atoms with Crippen molar-refractivity contribution >= 4 is 6.09 Å². The Kier molecular flexibility index (Phi) is 7.19. The SMILES string of the molecule is CC.CC(C)(C)OC(=O)N1CCCC(CO)C1. The number of aliphatic hydroxyl groups is 1. The molecule has 1 unspecified atom stereocenters. The number of carbonyl (C=O) groups is 1. The van der Waals surface area contributed by atoms with Crippen LogP contribution in [0.1, 0.15) is 47.5 Å². The van der Waals surface area contributed by atoms with Gasteiger partial charge in [0.1, 0.15) is 5.60 Å². The summed E-state index contributed by atoms with van der Waals surface area (Å²) in [4.78, 5) is 13.4. The van der Waals surface area contributed by atoms with Crippen LogP contribution in [0.5, 0.6) is 0 Å². The second-order valence-corrected chi connectivity index (χ2v) is 5.12. The van der Waals surface area contributed by atoms with E-state index < -0.39 is 5.60 Å². The Balaban J connectivity index is 0.00000121. The Morgan fingerprint density at radius 3 is 2.47 bits per heavy atom. The lowest BCUT2D eigenvalue weighted by molar-refractivity contribution is 0.0132. The van der Waals surface area contributed by atoms with Gasteiger partial charge in [-0.15, -0.1) is 0 Å². The van der Waals surface area contributed by atoms with Crippen molar-refractivity contribution in [2.24, 2.45) is 5.92 Å². The molecule has 0 radical (unpaired) electrons. The van der Waals surface area contributed by atoms with Crippen molar-refractivity contribution in [2.75, 3.05) is 19.7 Å². The van der Waals surface area contributed by atoms with Gasteiger partial charge < -0.3 is 14.7 Å². The van der Waals surface area contributed by atoms with Crippen LogP contribution in [0.15, 0.2) is 0 Å². The van der Waals surface area contributed by atoms with Gasteiger partial charge in [-0.05, 0) is 39.5 Å². The third kappa shape index (κ3) is 6.51. The maximum Gasteiger partial charge on any atom is 0.410 e. The number of ether oxygens (including phenoxy) is 1. The van der Waals surface area contributed by atoms with E-state index in [1.807, 2.05) is 34.6 Å². The molecule has 0 aliphatic carbocycles. The van der Waals surface area contributed by atoms with Crippen LogP contribution in [0.4, 0.5) is 4.79 Å². The molecule has 17 heavy (non-hydrogen) atoms. The second-order valence-electron chi connectivity index (χ2n) is 5.12. The number of hydrogen-bond donors (Lipinski definition) is 1. The zero-order valence-corrected chi connectivity index (χ0v) is 11.8. The maximum atomic E-state index is 11.7. The fraction of sp³-hybridized carbons (Fsp3) is 0.923. The molecule has 1 heterocycles. The van der Waals surface area contributed by atoms with Gasteiger partial charge in [0.15, 0.2) is 0 Å². The average molecular weight is 245 g/mol. The van der Waals surface area contributed by atoms with Crippen molar-refractivity contribution in [1.82, 2.24) is 4.90 Å². The number of aliphatic hydroxyl groups excluding tert-OH is 1. The first-order valence-corrected chi connectivity index (χ1v) is 6.51. The topological polar surface area (TPSA) is 49.8 Å². The summed E-state index contributed by atoms with van der Waals surface area (Å²) in [5.74, 6) is 0.214. The number of hydrogen-bond acceptors (Lipinski definition) is 3. The molecule has 0 aromatic carbocycles. The van der Waals surface area contributed by atoms with Crippen molar-refractivity contribution in [1.29, 1.82) is 0 Å². The molecule has 102 valence electrons. The number of amides is 1. The lowest BCUT2D eigenvalue weighted by atomic mass is 9.99. The van der Waals surface area contributed by atoms with Gasteiger partial charge in [-0.1, -0.05) is 13.8 Å². The number of nitrogens with zero attached hydrogens (tertiary/aromatic N) is 1. The third-order valence-electron chi connectivity index (χ3n) is 2.43. The molecule has 0 spiro atoms. The molecule has 1 aliphatic rings. The van der Waals surface area contributed by atoms with E-state index in [9.17, 15) is 4.79 Å². The first kappa shape index (κ1) is 16.2. The molecule has 1 aliphatic heterocycles. The molecule has 1 rings (SSSR count). The zero-order chi connectivity index (χ0) is 13.5. The van der Waals surface area contributed by atoms with E-state index in [2.05, 4.69) is 0 Å². The summed E-state index contributed by atoms with van der Waals surface area (Å²) in [5, 5.41) is 9.04. The lowest BCUT2D eigenvalue weighted by Crippen LogP contribution is -2.43. The van der Waals surface area contributed by atoms with Crippen LogP contribution in [-0.2, 0) is 4.74 Å². The first-order valence-electron chi connectivity index (χ1n) is 6.51. The number of piperidine rings is 1. The van der Waals surface area contributed by atoms with E-state index in [1.165, 1.54) is 0 Å². The first-order chi connectivity index (χ1) is 7.92. The van der Waals surface area contributed by atoms with Crippen molar-refractivity contribution < 1.29 is 14.6 Å². The van der Waals surface area contributed by atoms with E-state index in [4.69, 9.17) is 9.84 Å². The zero-order valence-electron chi connectivity index (χ0n) is 11.8. The van der Waals surface area contributed by atoms with Crippen LogP contribution >= 0.6 is 0 Å². The quantitative estimate of drug-likeness (QED) is 0.772. The normalized spacial score (nSPS) is 20.4. The van der Waals surface area contributed by atoms with Gasteiger partial charge in [-0.3, -0.25) is 0 Å². The molecular weight excluding hydrogens is 218 g/mol. The van der Waals surface area contributed by atoms with E-state index in [1.54, 1.807) is 4.90 Å². The second kappa shape index (κ2) is 7.54. The summed E-state index contributed by atoms with van der Waals surface area (Å²) in [6.45, 7) is 11.1. The summed E-state index contributed by atoms with van der Waals surface area (Å²) >= 11 is 0. The van der Waals surface area contributed by atoms with Crippen LogP contribution in [0, 0.1) is 5.92 Å². The number of likely N-dealkylation sites (tertiary alicyclic amines) is 1. The molecule has 0 bridgehead atoms. The largest absolute Gasteiger partial charge is 0.444 e. The molecule has 1 N–H and O–H groups in total. The Morgan fingerprint density at radius 1 is 1.41 bits per heavy atom. The lowest BCUT2D eigenvalue weighted by Gasteiger charge is -2.33. The maximum absolute atomic E-state index is 11.7. The van der Waals surface area contributed by atoms with E-state index >= 15 is 0 Å². The summed E-state index contributed by atoms with van der Waals surface area (Å²) in [5.41, 5.74) is -0.441. The van der Waals surface area contributed by atoms with E-state index in [-0.39, 0.29) is 18.6 Å². The average Bonchev–Trinajstić information content (AvgIpc) is 2.29. The highest BCUT2D eigenvalue weighted by Gasteiger charge is 2.26. The highest BCUT2D eigenvalue weighted by Crippen LogP contribution is 2.18. The molecule has 0 aromatic rings.